The topological polar surface area (TPSA) is 79.0 Å². The number of esters is 1. The molecule has 0 aromatic carbocycles. The van der Waals surface area contributed by atoms with Gasteiger partial charge in [0.1, 0.15) is 0 Å². The molecule has 1 rings (SSSR count). The molecule has 0 saturated carbocycles. The number of likely N-dealkylation sites (N-methyl/N-ethyl adjacent to an activating group) is 1. The average molecular weight is 498 g/mol. The Hall–Kier alpha value is -1.89. The van der Waals surface area contributed by atoms with Gasteiger partial charge in [-0.05, 0) is 65.0 Å². The van der Waals surface area contributed by atoms with Gasteiger partial charge in [-0.25, -0.2) is 4.79 Å². The number of hydrogen-bond donors (Lipinski definition) is 1. The molecular weight excluding hydrogens is 442 g/mol. The summed E-state index contributed by atoms with van der Waals surface area (Å²) in [5.41, 5.74) is 0.466. The highest BCUT2D eigenvalue weighted by atomic mass is 16.5. The SMILES string of the molecule is CC(C)C.CCCC(C)N1CCCCC1.CCOC(=O)/C(C)=C/[C@H](C(C)C)N(C)C(=O)CNC=O. The third kappa shape index (κ3) is 18.1. The molecule has 1 N–H and O–H groups in total. The van der Waals surface area contributed by atoms with Crippen LogP contribution in [0.25, 0.3) is 0 Å². The van der Waals surface area contributed by atoms with Crippen molar-refractivity contribution in [2.45, 2.75) is 107 Å². The van der Waals surface area contributed by atoms with Gasteiger partial charge in [-0.2, -0.15) is 0 Å². The summed E-state index contributed by atoms with van der Waals surface area (Å²) < 4.78 is 4.92. The molecule has 35 heavy (non-hydrogen) atoms. The number of nitrogens with zero attached hydrogens (tertiary/aromatic N) is 2. The average Bonchev–Trinajstić information content (AvgIpc) is 2.81. The predicted molar refractivity (Wildman–Crippen MR) is 146 cm³/mol. The van der Waals surface area contributed by atoms with E-state index in [9.17, 15) is 14.4 Å². The Morgan fingerprint density at radius 1 is 1.03 bits per heavy atom. The number of rotatable bonds is 11. The van der Waals surface area contributed by atoms with E-state index in [4.69, 9.17) is 4.74 Å². The molecule has 0 aliphatic carbocycles. The van der Waals surface area contributed by atoms with Crippen LogP contribution in [-0.2, 0) is 19.1 Å². The monoisotopic (exact) mass is 497 g/mol. The molecule has 1 aliphatic rings. The molecule has 1 saturated heterocycles. The summed E-state index contributed by atoms with van der Waals surface area (Å²) >= 11 is 0. The molecule has 0 spiro atoms. The molecule has 1 heterocycles. The van der Waals surface area contributed by atoms with Crippen LogP contribution in [0, 0.1) is 11.8 Å². The minimum atomic E-state index is -0.384. The van der Waals surface area contributed by atoms with Crippen molar-refractivity contribution in [1.82, 2.24) is 15.1 Å². The second-order valence-corrected chi connectivity index (χ2v) is 10.3. The molecule has 2 amide bonds. The lowest BCUT2D eigenvalue weighted by Crippen LogP contribution is -2.43. The smallest absolute Gasteiger partial charge is 0.333 e. The van der Waals surface area contributed by atoms with E-state index in [1.165, 1.54) is 50.1 Å². The zero-order valence-electron chi connectivity index (χ0n) is 24.4. The zero-order chi connectivity index (χ0) is 27.4. The van der Waals surface area contributed by atoms with Gasteiger partial charge in [-0.15, -0.1) is 0 Å². The van der Waals surface area contributed by atoms with Crippen LogP contribution in [0.15, 0.2) is 11.6 Å². The normalized spacial score (nSPS) is 15.7. The van der Waals surface area contributed by atoms with Gasteiger partial charge < -0.3 is 19.9 Å². The Labute approximate surface area is 216 Å². The number of hydrogen-bond acceptors (Lipinski definition) is 5. The lowest BCUT2D eigenvalue weighted by atomic mass is 10.00. The van der Waals surface area contributed by atoms with Crippen LogP contribution in [0.1, 0.15) is 94.4 Å². The summed E-state index contributed by atoms with van der Waals surface area (Å²) in [6, 6.07) is 0.598. The van der Waals surface area contributed by atoms with Gasteiger partial charge in [-0.1, -0.05) is 60.5 Å². The Morgan fingerprint density at radius 2 is 1.57 bits per heavy atom. The molecule has 1 unspecified atom stereocenters. The molecule has 0 bridgehead atoms. The third-order valence-corrected chi connectivity index (χ3v) is 5.60. The quantitative estimate of drug-likeness (QED) is 0.246. The maximum absolute atomic E-state index is 11.9. The highest BCUT2D eigenvalue weighted by Crippen LogP contribution is 2.15. The fraction of sp³-hybridized carbons (Fsp3) is 0.821. The van der Waals surface area contributed by atoms with Crippen LogP contribution >= 0.6 is 0 Å². The van der Waals surface area contributed by atoms with Crippen molar-refractivity contribution >= 4 is 18.3 Å². The second-order valence-electron chi connectivity index (χ2n) is 10.3. The van der Waals surface area contributed by atoms with E-state index in [-0.39, 0.29) is 30.4 Å². The Bertz CT molecular complexity index is 596. The minimum absolute atomic E-state index is 0.0600. The van der Waals surface area contributed by atoms with Crippen molar-refractivity contribution in [3.05, 3.63) is 11.6 Å². The molecule has 0 radical (unpaired) electrons. The zero-order valence-corrected chi connectivity index (χ0v) is 24.4. The maximum atomic E-state index is 11.9. The van der Waals surface area contributed by atoms with Gasteiger partial charge in [0.25, 0.3) is 0 Å². The number of carbonyl (C=O) groups excluding carboxylic acids is 3. The second kappa shape index (κ2) is 21.4. The first-order valence-corrected chi connectivity index (χ1v) is 13.4. The molecule has 7 heteroatoms. The van der Waals surface area contributed by atoms with E-state index < -0.39 is 0 Å². The van der Waals surface area contributed by atoms with E-state index in [0.717, 1.165) is 12.0 Å². The number of likely N-dealkylation sites (tertiary alicyclic amines) is 1. The fourth-order valence-corrected chi connectivity index (χ4v) is 3.70. The number of piperidine rings is 1. The number of nitrogens with one attached hydrogen (secondary N) is 1. The summed E-state index contributed by atoms with van der Waals surface area (Å²) in [6.07, 6.45) is 9.21. The van der Waals surface area contributed by atoms with E-state index in [1.807, 2.05) is 13.8 Å². The highest BCUT2D eigenvalue weighted by Gasteiger charge is 2.22. The largest absolute Gasteiger partial charge is 0.463 e. The summed E-state index contributed by atoms with van der Waals surface area (Å²) in [5.74, 6) is 0.360. The van der Waals surface area contributed by atoms with Crippen LogP contribution in [0.3, 0.4) is 0 Å². The van der Waals surface area contributed by atoms with Crippen molar-refractivity contribution in [1.29, 1.82) is 0 Å². The van der Waals surface area contributed by atoms with Crippen molar-refractivity contribution in [3.8, 4) is 0 Å². The molecule has 2 atom stereocenters. The molecule has 7 nitrogen and oxygen atoms in total. The summed E-state index contributed by atoms with van der Waals surface area (Å²) in [4.78, 5) is 37.9. The summed E-state index contributed by atoms with van der Waals surface area (Å²) in [5, 5.41) is 2.34. The van der Waals surface area contributed by atoms with E-state index in [0.29, 0.717) is 18.6 Å². The summed E-state index contributed by atoms with van der Waals surface area (Å²) in [6.45, 7) is 21.4. The van der Waals surface area contributed by atoms with E-state index >= 15 is 0 Å². The molecule has 206 valence electrons. The van der Waals surface area contributed by atoms with Crippen molar-refractivity contribution < 1.29 is 19.1 Å². The van der Waals surface area contributed by atoms with Crippen LogP contribution in [0.5, 0.6) is 0 Å². The van der Waals surface area contributed by atoms with Gasteiger partial charge in [0.05, 0.1) is 19.2 Å². The van der Waals surface area contributed by atoms with Crippen LogP contribution in [0.4, 0.5) is 0 Å². The lowest BCUT2D eigenvalue weighted by molar-refractivity contribution is -0.138. The molecule has 1 fully saturated rings. The van der Waals surface area contributed by atoms with Crippen molar-refractivity contribution in [2.24, 2.45) is 11.8 Å². The first-order chi connectivity index (χ1) is 16.4. The first kappa shape index (κ1) is 35.3. The molecule has 0 aromatic rings. The van der Waals surface area contributed by atoms with Gasteiger partial charge >= 0.3 is 5.97 Å². The highest BCUT2D eigenvalue weighted by molar-refractivity contribution is 5.88. The molecular formula is C28H55N3O4. The van der Waals surface area contributed by atoms with Gasteiger partial charge in [0, 0.05) is 18.7 Å². The maximum Gasteiger partial charge on any atom is 0.333 e. The van der Waals surface area contributed by atoms with Gasteiger partial charge in [0.2, 0.25) is 12.3 Å². The molecule has 0 aromatic heterocycles. The first-order valence-electron chi connectivity index (χ1n) is 13.4. The lowest BCUT2D eigenvalue weighted by Gasteiger charge is -2.32. The number of carbonyl (C=O) groups is 3. The predicted octanol–water partition coefficient (Wildman–Crippen LogP) is 5.05. The van der Waals surface area contributed by atoms with Gasteiger partial charge in [-0.3, -0.25) is 9.59 Å². The van der Waals surface area contributed by atoms with Crippen LogP contribution in [0.2, 0.25) is 0 Å². The Morgan fingerprint density at radius 3 is 2.00 bits per heavy atom. The number of ether oxygens (including phenoxy) is 1. The minimum Gasteiger partial charge on any atom is -0.463 e. The third-order valence-electron chi connectivity index (χ3n) is 5.60. The van der Waals surface area contributed by atoms with Crippen LogP contribution < -0.4 is 5.32 Å². The molecule has 1 aliphatic heterocycles. The van der Waals surface area contributed by atoms with E-state index in [2.05, 4.69) is 44.8 Å². The fourth-order valence-electron chi connectivity index (χ4n) is 3.70. The Kier molecular flexibility index (Phi) is 21.6. The Balaban J connectivity index is 0. The summed E-state index contributed by atoms with van der Waals surface area (Å²) in [7, 11) is 1.65. The van der Waals surface area contributed by atoms with E-state index in [1.54, 1.807) is 27.0 Å². The van der Waals surface area contributed by atoms with Gasteiger partial charge in [0.15, 0.2) is 0 Å². The van der Waals surface area contributed by atoms with Crippen molar-refractivity contribution in [2.75, 3.05) is 33.3 Å². The number of amides is 2. The van der Waals surface area contributed by atoms with Crippen LogP contribution in [-0.4, -0.2) is 73.5 Å². The standard InChI is InChI=1S/C14H24N2O4.C10H21N.C4H10/c1-6-20-14(19)11(4)7-12(10(2)3)16(5)13(18)8-15-9-17;1-3-7-10(2)11-8-5-4-6-9-11;1-4(2)3/h7,9-10,12H,6,8H2,1-5H3,(H,15,17);10H,3-9H2,1-2H3;4H,1-3H3/b11-7+;;/t12-;;/m1../s1. The van der Waals surface area contributed by atoms with Crippen molar-refractivity contribution in [3.63, 3.8) is 0 Å².